The molecule has 0 bridgehead atoms. The third-order valence-electron chi connectivity index (χ3n) is 8.45. The van der Waals surface area contributed by atoms with E-state index in [-0.39, 0.29) is 35.1 Å². The molecule has 10 nitrogen and oxygen atoms in total. The average molecular weight is 689 g/mol. The Labute approximate surface area is 295 Å². The number of hydrogen-bond donors (Lipinski definition) is 8. The SMILES string of the molecule is C[C@H](Cc1ccc(OCCCCCCOc2ccc(C[C@@H](C)NC[C@H](O)c3cc(O)cc(O)c3)cc2)cc1)NC[C@H](O)c1cc(O)cc(O)c1. The molecule has 0 fully saturated rings. The maximum absolute atomic E-state index is 10.4. The molecule has 0 aliphatic carbocycles. The molecule has 0 saturated heterocycles. The fourth-order valence-corrected chi connectivity index (χ4v) is 5.71. The largest absolute Gasteiger partial charge is 0.508 e. The van der Waals surface area contributed by atoms with Crippen molar-refractivity contribution in [2.45, 2.75) is 76.7 Å². The van der Waals surface area contributed by atoms with Gasteiger partial charge >= 0.3 is 0 Å². The maximum atomic E-state index is 10.4. The summed E-state index contributed by atoms with van der Waals surface area (Å²) in [5.74, 6) is 1.37. The van der Waals surface area contributed by atoms with Crippen LogP contribution in [-0.2, 0) is 12.8 Å². The van der Waals surface area contributed by atoms with Gasteiger partial charge in [0.05, 0.1) is 25.4 Å². The van der Waals surface area contributed by atoms with Crippen LogP contribution in [0.2, 0.25) is 0 Å². The Bertz CT molecular complexity index is 1420. The second-order valence-corrected chi connectivity index (χ2v) is 13.0. The second kappa shape index (κ2) is 19.6. The Morgan fingerprint density at radius 3 is 1.18 bits per heavy atom. The van der Waals surface area contributed by atoms with Crippen molar-refractivity contribution in [3.63, 3.8) is 0 Å². The molecule has 4 aromatic carbocycles. The first-order chi connectivity index (χ1) is 24.0. The molecule has 0 aliphatic heterocycles. The lowest BCUT2D eigenvalue weighted by Gasteiger charge is -2.18. The van der Waals surface area contributed by atoms with Crippen molar-refractivity contribution >= 4 is 0 Å². The number of nitrogens with one attached hydrogen (secondary N) is 2. The van der Waals surface area contributed by atoms with E-state index in [2.05, 4.69) is 34.9 Å². The number of aliphatic hydroxyl groups is 2. The van der Waals surface area contributed by atoms with Gasteiger partial charge in [0.25, 0.3) is 0 Å². The van der Waals surface area contributed by atoms with Crippen molar-refractivity contribution in [1.29, 1.82) is 0 Å². The van der Waals surface area contributed by atoms with Crippen molar-refractivity contribution in [3.8, 4) is 34.5 Å². The minimum Gasteiger partial charge on any atom is -0.508 e. The van der Waals surface area contributed by atoms with Crippen LogP contribution in [0.3, 0.4) is 0 Å². The number of rotatable bonds is 21. The van der Waals surface area contributed by atoms with Crippen LogP contribution in [0.15, 0.2) is 84.9 Å². The number of unbranched alkanes of at least 4 members (excludes halogenated alkanes) is 3. The normalized spacial score (nSPS) is 13.8. The molecular formula is C40H52N2O8. The van der Waals surface area contributed by atoms with E-state index in [1.807, 2.05) is 38.1 Å². The van der Waals surface area contributed by atoms with E-state index < -0.39 is 12.2 Å². The van der Waals surface area contributed by atoms with E-state index in [4.69, 9.17) is 9.47 Å². The molecule has 50 heavy (non-hydrogen) atoms. The molecule has 0 saturated carbocycles. The Morgan fingerprint density at radius 1 is 0.500 bits per heavy atom. The number of phenols is 4. The van der Waals surface area contributed by atoms with Gasteiger partial charge in [-0.15, -0.1) is 0 Å². The highest BCUT2D eigenvalue weighted by Crippen LogP contribution is 2.26. The average Bonchev–Trinajstić information content (AvgIpc) is 3.08. The van der Waals surface area contributed by atoms with Crippen LogP contribution in [-0.4, -0.2) is 69.0 Å². The zero-order valence-electron chi connectivity index (χ0n) is 29.0. The first kappa shape index (κ1) is 38.3. The molecule has 0 aromatic heterocycles. The number of benzene rings is 4. The lowest BCUT2D eigenvalue weighted by molar-refractivity contribution is 0.169. The number of ether oxygens (including phenoxy) is 2. The molecule has 0 heterocycles. The van der Waals surface area contributed by atoms with E-state index in [1.165, 1.54) is 36.4 Å². The number of aliphatic hydroxyl groups excluding tert-OH is 2. The molecule has 4 rings (SSSR count). The van der Waals surface area contributed by atoms with Crippen molar-refractivity contribution in [3.05, 3.63) is 107 Å². The number of hydrogen-bond acceptors (Lipinski definition) is 10. The summed E-state index contributed by atoms with van der Waals surface area (Å²) in [5.41, 5.74) is 3.24. The van der Waals surface area contributed by atoms with Gasteiger partial charge in [0.2, 0.25) is 0 Å². The smallest absolute Gasteiger partial charge is 0.119 e. The maximum Gasteiger partial charge on any atom is 0.119 e. The van der Waals surface area contributed by atoms with Crippen LogP contribution >= 0.6 is 0 Å². The summed E-state index contributed by atoms with van der Waals surface area (Å²) >= 11 is 0. The van der Waals surface area contributed by atoms with Crippen molar-refractivity contribution in [1.82, 2.24) is 10.6 Å². The van der Waals surface area contributed by atoms with E-state index in [0.29, 0.717) is 37.4 Å². The molecule has 0 aliphatic rings. The monoisotopic (exact) mass is 688 g/mol. The van der Waals surface area contributed by atoms with Gasteiger partial charge in [0.1, 0.15) is 34.5 Å². The molecular weight excluding hydrogens is 636 g/mol. The third-order valence-corrected chi connectivity index (χ3v) is 8.45. The second-order valence-electron chi connectivity index (χ2n) is 13.0. The Hall–Kier alpha value is -4.48. The van der Waals surface area contributed by atoms with E-state index in [1.54, 1.807) is 0 Å². The zero-order valence-corrected chi connectivity index (χ0v) is 29.0. The quantitative estimate of drug-likeness (QED) is 0.0485. The van der Waals surface area contributed by atoms with Gasteiger partial charge < -0.3 is 50.7 Å². The Morgan fingerprint density at radius 2 is 0.840 bits per heavy atom. The summed E-state index contributed by atoms with van der Waals surface area (Å²) in [6, 6.07) is 24.6. The third kappa shape index (κ3) is 13.4. The predicted molar refractivity (Wildman–Crippen MR) is 194 cm³/mol. The van der Waals surface area contributed by atoms with Gasteiger partial charge in [-0.1, -0.05) is 24.3 Å². The standard InChI is InChI=1S/C40H52N2O8/c1-27(41-25-39(47)31-19-33(43)23-34(44)20-31)17-29-7-11-37(12-8-29)49-15-5-3-4-6-16-50-38-13-9-30(10-14-38)18-28(2)42-26-40(48)32-21-35(45)24-36(46)22-32/h7-14,19-24,27-28,39-48H,3-6,15-18,25-26H2,1-2H3/t27-,28-,39+,40+/m1/s1. The van der Waals surface area contributed by atoms with E-state index in [0.717, 1.165) is 61.2 Å². The van der Waals surface area contributed by atoms with Crippen LogP contribution in [0.1, 0.15) is 74.0 Å². The van der Waals surface area contributed by atoms with Crippen LogP contribution in [0.4, 0.5) is 0 Å². The number of phenolic OH excluding ortho intramolecular Hbond substituents is 4. The minimum absolute atomic E-state index is 0.0802. The van der Waals surface area contributed by atoms with Crippen LogP contribution in [0.25, 0.3) is 0 Å². The van der Waals surface area contributed by atoms with Crippen LogP contribution in [0, 0.1) is 0 Å². The topological polar surface area (TPSA) is 164 Å². The van der Waals surface area contributed by atoms with Gasteiger partial charge in [-0.3, -0.25) is 0 Å². The molecule has 10 heteroatoms. The summed E-state index contributed by atoms with van der Waals surface area (Å²) in [6.07, 6.45) is 3.94. The predicted octanol–water partition coefficient (Wildman–Crippen LogP) is 6.04. The lowest BCUT2D eigenvalue weighted by atomic mass is 10.1. The van der Waals surface area contributed by atoms with Crippen LogP contribution < -0.4 is 20.1 Å². The highest BCUT2D eigenvalue weighted by Gasteiger charge is 2.14. The molecule has 0 spiro atoms. The Kier molecular flexibility index (Phi) is 15.1. The summed E-state index contributed by atoms with van der Waals surface area (Å²) in [7, 11) is 0. The van der Waals surface area contributed by atoms with Gasteiger partial charge in [0.15, 0.2) is 0 Å². The molecule has 0 unspecified atom stereocenters. The Balaban J connectivity index is 1.02. The summed E-state index contributed by atoms with van der Waals surface area (Å²) < 4.78 is 11.9. The van der Waals surface area contributed by atoms with Crippen molar-refractivity contribution in [2.75, 3.05) is 26.3 Å². The first-order valence-electron chi connectivity index (χ1n) is 17.4. The van der Waals surface area contributed by atoms with Crippen molar-refractivity contribution < 1.29 is 40.1 Å². The molecule has 0 amide bonds. The molecule has 4 atom stereocenters. The zero-order chi connectivity index (χ0) is 35.9. The molecule has 0 radical (unpaired) electrons. The van der Waals surface area contributed by atoms with E-state index in [9.17, 15) is 30.6 Å². The van der Waals surface area contributed by atoms with Crippen molar-refractivity contribution in [2.24, 2.45) is 0 Å². The van der Waals surface area contributed by atoms with Crippen LogP contribution in [0.5, 0.6) is 34.5 Å². The highest BCUT2D eigenvalue weighted by atomic mass is 16.5. The first-order valence-corrected chi connectivity index (χ1v) is 17.4. The minimum atomic E-state index is -0.841. The molecule has 4 aromatic rings. The highest BCUT2D eigenvalue weighted by molar-refractivity contribution is 5.38. The van der Waals surface area contributed by atoms with Gasteiger partial charge in [-0.2, -0.15) is 0 Å². The van der Waals surface area contributed by atoms with E-state index >= 15 is 0 Å². The lowest BCUT2D eigenvalue weighted by Crippen LogP contribution is -2.32. The fraction of sp³-hybridized carbons (Fsp3) is 0.400. The summed E-state index contributed by atoms with van der Waals surface area (Å²) in [5, 5.41) is 65.9. The molecule has 270 valence electrons. The van der Waals surface area contributed by atoms with Gasteiger partial charge in [-0.25, -0.2) is 0 Å². The van der Waals surface area contributed by atoms with Gasteiger partial charge in [-0.05, 0) is 123 Å². The summed E-state index contributed by atoms with van der Waals surface area (Å²) in [4.78, 5) is 0. The number of aromatic hydroxyl groups is 4. The molecule has 8 N–H and O–H groups in total. The van der Waals surface area contributed by atoms with Gasteiger partial charge in [0, 0.05) is 37.3 Å². The fourth-order valence-electron chi connectivity index (χ4n) is 5.71. The summed E-state index contributed by atoms with van der Waals surface area (Å²) in [6.45, 7) is 6.02.